The van der Waals surface area contributed by atoms with Crippen molar-refractivity contribution < 1.29 is 43.9 Å². The van der Waals surface area contributed by atoms with E-state index in [1.54, 1.807) is 0 Å². The van der Waals surface area contributed by atoms with Crippen molar-refractivity contribution >= 4 is 35.0 Å². The fraction of sp³-hybridized carbons (Fsp3) is 1.00. The van der Waals surface area contributed by atoms with Gasteiger partial charge in [0.1, 0.15) is 0 Å². The minimum atomic E-state index is -7.02. The van der Waals surface area contributed by atoms with Crippen LogP contribution in [0.3, 0.4) is 0 Å². The van der Waals surface area contributed by atoms with Crippen LogP contribution >= 0.6 is 35.0 Å². The summed E-state index contributed by atoms with van der Waals surface area (Å²) in [4.78, 5) is 0. The summed E-state index contributed by atoms with van der Waals surface area (Å²) >= 11 is 12.1. The van der Waals surface area contributed by atoms with Crippen molar-refractivity contribution in [3.8, 4) is 0 Å². The van der Waals surface area contributed by atoms with Gasteiger partial charge in [0.05, 0.1) is 0 Å². The number of rotatable bonds is 4. The summed E-state index contributed by atoms with van der Waals surface area (Å²) < 4.78 is 115. The molecule has 0 bridgehead atoms. The van der Waals surface area contributed by atoms with E-state index in [2.05, 4.69) is 35.0 Å². The fourth-order valence-electron chi connectivity index (χ4n) is 0.581. The zero-order valence-electron chi connectivity index (χ0n) is 7.86. The predicted molar refractivity (Wildman–Crippen MR) is 44.1 cm³/mol. The quantitative estimate of drug-likeness (QED) is 0.294. The van der Waals surface area contributed by atoms with Gasteiger partial charge in [-0.2, -0.15) is 43.9 Å². The molecule has 0 aliphatic carbocycles. The highest BCUT2D eigenvalue weighted by Gasteiger charge is 2.80. The Balaban J connectivity index is 5.70. The number of halogens is 13. The first-order valence-electron chi connectivity index (χ1n) is 3.63. The summed E-state index contributed by atoms with van der Waals surface area (Å²) in [6.07, 6.45) is -6.95. The molecule has 0 aromatic rings. The average Bonchev–Trinajstić information content (AvgIpc) is 2.12. The molecule has 0 aromatic carbocycles. The van der Waals surface area contributed by atoms with Gasteiger partial charge in [0.15, 0.2) is 0 Å². The Labute approximate surface area is 113 Å². The molecule has 116 valence electrons. The van der Waals surface area contributed by atoms with Crippen molar-refractivity contribution in [1.29, 1.82) is 0 Å². The molecule has 1 nitrogen and oxygen atoms in total. The SMILES string of the molecule is FC(F)(F)C(F)(F)C(F)(F)N(Cl)C(F)(F)C(F)(Cl)Cl. The van der Waals surface area contributed by atoms with Crippen molar-refractivity contribution in [1.82, 2.24) is 4.42 Å². The first-order valence-corrected chi connectivity index (χ1v) is 4.73. The number of hydrogen-bond acceptors (Lipinski definition) is 1. The van der Waals surface area contributed by atoms with Gasteiger partial charge in [-0.05, 0) is 11.8 Å². The molecule has 0 saturated heterocycles. The summed E-state index contributed by atoms with van der Waals surface area (Å²) in [6.45, 7) is 0. The molecule has 0 aromatic heterocycles. The fourth-order valence-corrected chi connectivity index (χ4v) is 1.06. The third-order valence-electron chi connectivity index (χ3n) is 1.57. The summed E-state index contributed by atoms with van der Waals surface area (Å²) in [5.41, 5.74) is 0. The van der Waals surface area contributed by atoms with Crippen LogP contribution in [0.1, 0.15) is 0 Å². The summed E-state index contributed by atoms with van der Waals surface area (Å²) in [5, 5.41) is 0. The van der Waals surface area contributed by atoms with Gasteiger partial charge in [-0.3, -0.25) is 0 Å². The lowest BCUT2D eigenvalue weighted by atomic mass is 10.2. The molecule has 0 radical (unpaired) electrons. The van der Waals surface area contributed by atoms with E-state index in [0.717, 1.165) is 0 Å². The van der Waals surface area contributed by atoms with Gasteiger partial charge in [0.25, 0.3) is 0 Å². The average molecular weight is 370 g/mol. The van der Waals surface area contributed by atoms with E-state index in [-0.39, 0.29) is 0 Å². The molecule has 0 heterocycles. The van der Waals surface area contributed by atoms with Crippen molar-refractivity contribution in [2.45, 2.75) is 28.8 Å². The molecule has 0 aliphatic rings. The minimum Gasteiger partial charge on any atom is -0.199 e. The van der Waals surface area contributed by atoms with Gasteiger partial charge in [-0.15, -0.1) is 0 Å². The normalized spacial score (nSPS) is 16.1. The zero-order valence-corrected chi connectivity index (χ0v) is 10.1. The van der Waals surface area contributed by atoms with Gasteiger partial charge < -0.3 is 0 Å². The molecule has 0 rings (SSSR count). The van der Waals surface area contributed by atoms with Crippen LogP contribution in [-0.4, -0.2) is 33.2 Å². The van der Waals surface area contributed by atoms with Gasteiger partial charge in [0, 0.05) is 0 Å². The Hall–Kier alpha value is 0.130. The largest absolute Gasteiger partial charge is 0.461 e. The van der Waals surface area contributed by atoms with E-state index in [1.165, 1.54) is 0 Å². The molecule has 0 aliphatic heterocycles. The molecule has 0 unspecified atom stereocenters. The lowest BCUT2D eigenvalue weighted by molar-refractivity contribution is -0.401. The van der Waals surface area contributed by atoms with Crippen molar-refractivity contribution in [3.05, 3.63) is 0 Å². The van der Waals surface area contributed by atoms with E-state index in [9.17, 15) is 43.9 Å². The van der Waals surface area contributed by atoms with Crippen LogP contribution in [0.4, 0.5) is 43.9 Å². The van der Waals surface area contributed by atoms with E-state index >= 15 is 0 Å². The number of alkyl halides is 12. The Morgan fingerprint density at radius 1 is 0.632 bits per heavy atom. The van der Waals surface area contributed by atoms with E-state index in [1.807, 2.05) is 0 Å². The molecule has 0 saturated carbocycles. The highest BCUT2D eigenvalue weighted by Crippen LogP contribution is 2.54. The standard InChI is InChI=1S/C5Cl3F10N/c6-2(7,11)5(17,18)19(8)4(15,16)1(9,10)3(12,13)14. The Bertz CT molecular complexity index is 333. The van der Waals surface area contributed by atoms with Gasteiger partial charge in [0.2, 0.25) is 0 Å². The second kappa shape index (κ2) is 4.85. The Morgan fingerprint density at radius 3 is 1.16 bits per heavy atom. The van der Waals surface area contributed by atoms with E-state index in [4.69, 9.17) is 0 Å². The topological polar surface area (TPSA) is 3.24 Å². The van der Waals surface area contributed by atoms with Crippen LogP contribution in [0.2, 0.25) is 0 Å². The first-order chi connectivity index (χ1) is 7.90. The maximum Gasteiger partial charge on any atom is 0.461 e. The second-order valence-corrected chi connectivity index (χ2v) is 4.51. The maximum atomic E-state index is 12.7. The third-order valence-corrected chi connectivity index (χ3v) is 2.45. The number of nitrogens with zero attached hydrogens (tertiary/aromatic N) is 1. The number of hydrogen-bond donors (Lipinski definition) is 0. The molecule has 0 amide bonds. The second-order valence-electron chi connectivity index (χ2n) is 2.93. The molecular weight excluding hydrogens is 370 g/mol. The maximum absolute atomic E-state index is 12.7. The van der Waals surface area contributed by atoms with Gasteiger partial charge >= 0.3 is 28.8 Å². The monoisotopic (exact) mass is 369 g/mol. The highest BCUT2D eigenvalue weighted by atomic mass is 35.5. The highest BCUT2D eigenvalue weighted by molar-refractivity contribution is 6.48. The van der Waals surface area contributed by atoms with Gasteiger partial charge in [-0.1, -0.05) is 27.6 Å². The first kappa shape index (κ1) is 19.1. The summed E-state index contributed by atoms with van der Waals surface area (Å²) in [7, 11) is 0. The van der Waals surface area contributed by atoms with Crippen LogP contribution in [0.15, 0.2) is 0 Å². The smallest absolute Gasteiger partial charge is 0.199 e. The zero-order chi connectivity index (χ0) is 16.1. The van der Waals surface area contributed by atoms with E-state index in [0.29, 0.717) is 0 Å². The lowest BCUT2D eigenvalue weighted by Gasteiger charge is -2.37. The molecule has 14 heteroatoms. The van der Waals surface area contributed by atoms with Gasteiger partial charge in [-0.25, -0.2) is 0 Å². The van der Waals surface area contributed by atoms with Crippen LogP contribution in [0, 0.1) is 0 Å². The van der Waals surface area contributed by atoms with Crippen LogP contribution in [0.25, 0.3) is 0 Å². The van der Waals surface area contributed by atoms with Crippen LogP contribution in [-0.2, 0) is 0 Å². The van der Waals surface area contributed by atoms with Crippen LogP contribution in [0.5, 0.6) is 0 Å². The molecule has 0 spiro atoms. The molecular formula is C5Cl3F10N. The minimum absolute atomic E-state index is 2.71. The lowest BCUT2D eigenvalue weighted by Crippen LogP contribution is -2.64. The molecule has 0 N–H and O–H groups in total. The summed E-state index contributed by atoms with van der Waals surface area (Å²) in [6, 6.07) is -12.7. The van der Waals surface area contributed by atoms with Crippen molar-refractivity contribution in [2.75, 3.05) is 0 Å². The molecule has 0 fully saturated rings. The van der Waals surface area contributed by atoms with Crippen molar-refractivity contribution in [3.63, 3.8) is 0 Å². The molecule has 19 heavy (non-hydrogen) atoms. The Kier molecular flexibility index (Phi) is 4.88. The van der Waals surface area contributed by atoms with Crippen LogP contribution < -0.4 is 0 Å². The van der Waals surface area contributed by atoms with E-state index < -0.39 is 33.2 Å². The predicted octanol–water partition coefficient (Wildman–Crippen LogP) is 4.93. The molecule has 0 atom stereocenters. The third kappa shape index (κ3) is 3.08. The summed E-state index contributed by atoms with van der Waals surface area (Å²) in [5.74, 6) is -7.02. The Morgan fingerprint density at radius 2 is 0.947 bits per heavy atom. The van der Waals surface area contributed by atoms with Crippen molar-refractivity contribution in [2.24, 2.45) is 0 Å².